The summed E-state index contributed by atoms with van der Waals surface area (Å²) in [5.41, 5.74) is 1.28. The zero-order chi connectivity index (χ0) is 20.8. The Morgan fingerprint density at radius 2 is 2.03 bits per heavy atom. The number of β-amino-alcohol motifs (C(OH)–C–C–N with tert-alkyl or cyclic N) is 1. The largest absolute Gasteiger partial charge is 0.496 e. The smallest absolute Gasteiger partial charge is 0.255 e. The van der Waals surface area contributed by atoms with Crippen LogP contribution in [0, 0.1) is 0 Å². The number of hydrogen-bond acceptors (Lipinski definition) is 5. The molecule has 1 saturated heterocycles. The molecule has 156 valence electrons. The number of amides is 1. The number of methoxy groups -OCH3 is 1. The van der Waals surface area contributed by atoms with Gasteiger partial charge in [0.15, 0.2) is 0 Å². The summed E-state index contributed by atoms with van der Waals surface area (Å²) in [6.07, 6.45) is -0.0430. The quantitative estimate of drug-likeness (QED) is 0.644. The van der Waals surface area contributed by atoms with Crippen LogP contribution in [0.3, 0.4) is 0 Å². The van der Waals surface area contributed by atoms with Gasteiger partial charge in [0.1, 0.15) is 5.75 Å². The van der Waals surface area contributed by atoms with Crippen LogP contribution in [0.25, 0.3) is 0 Å². The normalized spacial score (nSPS) is 20.8. The second kappa shape index (κ2) is 10.1. The van der Waals surface area contributed by atoms with E-state index in [2.05, 4.69) is 10.2 Å². The summed E-state index contributed by atoms with van der Waals surface area (Å²) < 4.78 is 5.25. The molecule has 2 aromatic carbocycles. The first-order valence-electron chi connectivity index (χ1n) is 9.74. The molecule has 0 aliphatic carbocycles. The van der Waals surface area contributed by atoms with Gasteiger partial charge in [-0.1, -0.05) is 41.9 Å². The number of nitrogens with zero attached hydrogens (tertiary/aromatic N) is 1. The van der Waals surface area contributed by atoms with Crippen molar-refractivity contribution in [2.45, 2.75) is 31.1 Å². The molecule has 0 saturated carbocycles. The van der Waals surface area contributed by atoms with E-state index < -0.39 is 12.2 Å². The number of rotatable bonds is 7. The summed E-state index contributed by atoms with van der Waals surface area (Å²) in [5.74, 6) is 0.149. The van der Waals surface area contributed by atoms with Crippen molar-refractivity contribution >= 4 is 17.5 Å². The van der Waals surface area contributed by atoms with Gasteiger partial charge in [0, 0.05) is 30.7 Å². The van der Waals surface area contributed by atoms with Gasteiger partial charge in [-0.15, -0.1) is 0 Å². The van der Waals surface area contributed by atoms with E-state index in [0.717, 1.165) is 5.56 Å². The van der Waals surface area contributed by atoms with E-state index in [-0.39, 0.29) is 11.9 Å². The van der Waals surface area contributed by atoms with Gasteiger partial charge in [-0.2, -0.15) is 0 Å². The number of likely N-dealkylation sites (tertiary alicyclic amines) is 1. The Morgan fingerprint density at radius 3 is 2.76 bits per heavy atom. The highest BCUT2D eigenvalue weighted by Gasteiger charge is 2.28. The number of ether oxygens (including phenoxy) is 1. The first kappa shape index (κ1) is 21.6. The Kier molecular flexibility index (Phi) is 7.50. The molecule has 1 fully saturated rings. The predicted molar refractivity (Wildman–Crippen MR) is 112 cm³/mol. The third-order valence-corrected chi connectivity index (χ3v) is 5.39. The highest BCUT2D eigenvalue weighted by molar-refractivity contribution is 6.30. The van der Waals surface area contributed by atoms with Crippen molar-refractivity contribution in [2.24, 2.45) is 0 Å². The molecule has 7 heteroatoms. The van der Waals surface area contributed by atoms with Gasteiger partial charge in [0.2, 0.25) is 0 Å². The molecule has 0 aromatic heterocycles. The van der Waals surface area contributed by atoms with Crippen LogP contribution in [-0.4, -0.2) is 59.9 Å². The number of aliphatic hydroxyl groups excluding tert-OH is 2. The van der Waals surface area contributed by atoms with Crippen molar-refractivity contribution in [3.05, 3.63) is 64.7 Å². The number of hydrogen-bond donors (Lipinski definition) is 3. The second-order valence-electron chi connectivity index (χ2n) is 7.38. The third-order valence-electron chi connectivity index (χ3n) is 5.15. The predicted octanol–water partition coefficient (Wildman–Crippen LogP) is 2.64. The lowest BCUT2D eigenvalue weighted by molar-refractivity contribution is 0.0409. The maximum absolute atomic E-state index is 12.7. The second-order valence-corrected chi connectivity index (χ2v) is 7.82. The molecule has 1 aliphatic heterocycles. The van der Waals surface area contributed by atoms with Crippen LogP contribution in [0.5, 0.6) is 5.75 Å². The van der Waals surface area contributed by atoms with Gasteiger partial charge in [-0.05, 0) is 36.6 Å². The van der Waals surface area contributed by atoms with Gasteiger partial charge in [-0.25, -0.2) is 0 Å². The van der Waals surface area contributed by atoms with Crippen molar-refractivity contribution < 1.29 is 19.7 Å². The van der Waals surface area contributed by atoms with E-state index in [1.165, 1.54) is 7.11 Å². The number of piperidine rings is 1. The molecule has 1 heterocycles. The monoisotopic (exact) mass is 418 g/mol. The van der Waals surface area contributed by atoms with E-state index in [1.54, 1.807) is 18.2 Å². The molecule has 2 aromatic rings. The zero-order valence-corrected chi connectivity index (χ0v) is 17.2. The van der Waals surface area contributed by atoms with Gasteiger partial charge in [-0.3, -0.25) is 9.69 Å². The van der Waals surface area contributed by atoms with E-state index in [1.807, 2.05) is 30.3 Å². The van der Waals surface area contributed by atoms with Crippen LogP contribution in [0.2, 0.25) is 5.02 Å². The third kappa shape index (κ3) is 5.93. The fourth-order valence-electron chi connectivity index (χ4n) is 3.71. The summed E-state index contributed by atoms with van der Waals surface area (Å²) in [6, 6.07) is 14.2. The van der Waals surface area contributed by atoms with Crippen LogP contribution in [0.15, 0.2) is 48.5 Å². The number of carbonyl (C=O) groups excluding carboxylic acids is 1. The molecular weight excluding hydrogens is 392 g/mol. The molecular formula is C22H27ClN2O4. The Hall–Kier alpha value is -2.12. The number of nitrogens with one attached hydrogen (secondary N) is 1. The van der Waals surface area contributed by atoms with Crippen molar-refractivity contribution in [3.8, 4) is 5.75 Å². The molecule has 0 spiro atoms. The van der Waals surface area contributed by atoms with Gasteiger partial charge in [0.25, 0.3) is 5.91 Å². The molecule has 29 heavy (non-hydrogen) atoms. The van der Waals surface area contributed by atoms with E-state index >= 15 is 0 Å². The van der Waals surface area contributed by atoms with E-state index in [0.29, 0.717) is 48.8 Å². The van der Waals surface area contributed by atoms with Crippen molar-refractivity contribution in [2.75, 3.05) is 26.7 Å². The van der Waals surface area contributed by atoms with Crippen LogP contribution >= 0.6 is 11.6 Å². The van der Waals surface area contributed by atoms with E-state index in [4.69, 9.17) is 16.3 Å². The van der Waals surface area contributed by atoms with Gasteiger partial charge < -0.3 is 20.3 Å². The highest BCUT2D eigenvalue weighted by atomic mass is 35.5. The molecule has 3 atom stereocenters. The van der Waals surface area contributed by atoms with Crippen molar-refractivity contribution in [1.29, 1.82) is 0 Å². The molecule has 3 rings (SSSR count). The minimum absolute atomic E-state index is 0.194. The molecule has 0 unspecified atom stereocenters. The molecule has 0 radical (unpaired) electrons. The maximum Gasteiger partial charge on any atom is 0.255 e. The lowest BCUT2D eigenvalue weighted by Gasteiger charge is -2.36. The Bertz CT molecular complexity index is 818. The van der Waals surface area contributed by atoms with Gasteiger partial charge in [0.05, 0.1) is 24.9 Å². The minimum Gasteiger partial charge on any atom is -0.496 e. The van der Waals surface area contributed by atoms with Crippen molar-refractivity contribution in [3.63, 3.8) is 0 Å². The van der Waals surface area contributed by atoms with Crippen LogP contribution in [0.1, 0.15) is 34.9 Å². The first-order chi connectivity index (χ1) is 14.0. The summed E-state index contributed by atoms with van der Waals surface area (Å²) in [5, 5.41) is 24.1. The lowest BCUT2D eigenvalue weighted by Crippen LogP contribution is -2.52. The molecule has 6 nitrogen and oxygen atoms in total. The molecule has 1 aliphatic rings. The Morgan fingerprint density at radius 1 is 1.28 bits per heavy atom. The first-order valence-corrected chi connectivity index (χ1v) is 10.1. The Balaban J connectivity index is 1.57. The Labute approximate surface area is 176 Å². The van der Waals surface area contributed by atoms with Gasteiger partial charge >= 0.3 is 0 Å². The topological polar surface area (TPSA) is 82.0 Å². The van der Waals surface area contributed by atoms with Crippen LogP contribution in [-0.2, 0) is 0 Å². The summed E-state index contributed by atoms with van der Waals surface area (Å²) in [6.45, 7) is 1.77. The molecule has 1 amide bonds. The zero-order valence-electron chi connectivity index (χ0n) is 16.4. The maximum atomic E-state index is 12.7. The van der Waals surface area contributed by atoms with Crippen molar-refractivity contribution in [1.82, 2.24) is 10.2 Å². The average molecular weight is 419 g/mol. The van der Waals surface area contributed by atoms with Crippen LogP contribution in [0.4, 0.5) is 0 Å². The molecule has 0 bridgehead atoms. The lowest BCUT2D eigenvalue weighted by atomic mass is 10.0. The number of benzene rings is 2. The average Bonchev–Trinajstić information content (AvgIpc) is 2.72. The summed E-state index contributed by atoms with van der Waals surface area (Å²) in [7, 11) is 1.49. The standard InChI is InChI=1S/C22H27ClN2O4/c1-29-21-11-16(23)7-8-19(21)22(28)24-17-12-18(26)14-25(13-17)10-9-20(27)15-5-3-2-4-6-15/h2-8,11,17-18,20,26-27H,9-10,12-14H2,1H3,(H,24,28)/t17-,18+,20+/m0/s1. The highest BCUT2D eigenvalue weighted by Crippen LogP contribution is 2.24. The summed E-state index contributed by atoms with van der Waals surface area (Å²) in [4.78, 5) is 14.8. The number of halogens is 1. The minimum atomic E-state index is -0.554. The SMILES string of the molecule is COc1cc(Cl)ccc1C(=O)N[C@H]1C[C@@H](O)CN(CC[C@@H](O)c2ccccc2)C1. The van der Waals surface area contributed by atoms with E-state index in [9.17, 15) is 15.0 Å². The number of aliphatic hydroxyl groups is 2. The van der Waals surface area contributed by atoms with Crippen LogP contribution < -0.4 is 10.1 Å². The fraction of sp³-hybridized carbons (Fsp3) is 0.409. The molecule has 3 N–H and O–H groups in total. The summed E-state index contributed by atoms with van der Waals surface area (Å²) >= 11 is 5.96. The number of carbonyl (C=O) groups is 1. The fourth-order valence-corrected chi connectivity index (χ4v) is 3.87.